The Morgan fingerprint density at radius 3 is 2.36 bits per heavy atom. The van der Waals surface area contributed by atoms with Crippen LogP contribution in [0.2, 0.25) is 0 Å². The van der Waals surface area contributed by atoms with Gasteiger partial charge in [0, 0.05) is 12.3 Å². The first kappa shape index (κ1) is 26.2. The highest BCUT2D eigenvalue weighted by molar-refractivity contribution is 7.22. The van der Waals surface area contributed by atoms with Crippen LogP contribution in [0.1, 0.15) is 38.1 Å². The van der Waals surface area contributed by atoms with E-state index < -0.39 is 17.7 Å². The number of hydrogen-bond donors (Lipinski definition) is 1. The van der Waals surface area contributed by atoms with Crippen LogP contribution >= 0.6 is 11.3 Å². The molecule has 1 aliphatic rings. The second kappa shape index (κ2) is 11.1. The van der Waals surface area contributed by atoms with Crippen LogP contribution in [0, 0.1) is 0 Å². The summed E-state index contributed by atoms with van der Waals surface area (Å²) >= 11 is 1.26. The highest BCUT2D eigenvalue weighted by atomic mass is 32.1. The molecule has 10 heteroatoms. The molecule has 0 radical (unpaired) electrons. The van der Waals surface area contributed by atoms with Gasteiger partial charge < -0.3 is 19.3 Å². The minimum atomic E-state index is -1.00. The Kier molecular flexibility index (Phi) is 7.47. The van der Waals surface area contributed by atoms with Crippen molar-refractivity contribution in [2.24, 2.45) is 0 Å². The van der Waals surface area contributed by atoms with Crippen LogP contribution in [0.25, 0.3) is 16.0 Å². The lowest BCUT2D eigenvalue weighted by Crippen LogP contribution is -2.29. The molecule has 200 valence electrons. The second-order valence-electron chi connectivity index (χ2n) is 8.51. The van der Waals surface area contributed by atoms with Crippen LogP contribution in [0.4, 0.5) is 5.13 Å². The number of thiazole rings is 1. The van der Waals surface area contributed by atoms with Gasteiger partial charge in [0.15, 0.2) is 5.13 Å². The van der Waals surface area contributed by atoms with E-state index in [0.717, 1.165) is 4.70 Å². The molecular formula is C29H27N3O6S. The number of fused-ring (bicyclic) bond motifs is 1. The Labute approximate surface area is 229 Å². The van der Waals surface area contributed by atoms with Crippen molar-refractivity contribution < 1.29 is 28.9 Å². The summed E-state index contributed by atoms with van der Waals surface area (Å²) in [7, 11) is 0. The molecule has 2 aromatic carbocycles. The second-order valence-corrected chi connectivity index (χ2v) is 9.52. The number of rotatable bonds is 9. The number of nitrogens with zero attached hydrogens (tertiary/aromatic N) is 3. The van der Waals surface area contributed by atoms with Gasteiger partial charge in [-0.2, -0.15) is 0 Å². The first-order valence-corrected chi connectivity index (χ1v) is 13.4. The van der Waals surface area contributed by atoms with E-state index in [1.54, 1.807) is 54.7 Å². The highest BCUT2D eigenvalue weighted by Gasteiger charge is 2.49. The summed E-state index contributed by atoms with van der Waals surface area (Å²) in [5, 5.41) is 11.9. The van der Waals surface area contributed by atoms with Gasteiger partial charge in [-0.05, 0) is 63.2 Å². The quantitative estimate of drug-likeness (QED) is 0.166. The Morgan fingerprint density at radius 2 is 1.67 bits per heavy atom. The number of carbonyl (C=O) groups is 2. The van der Waals surface area contributed by atoms with Gasteiger partial charge >= 0.3 is 5.91 Å². The number of ether oxygens (including phenoxy) is 3. The van der Waals surface area contributed by atoms with Crippen molar-refractivity contribution in [1.82, 2.24) is 9.97 Å². The van der Waals surface area contributed by atoms with E-state index in [-0.39, 0.29) is 16.9 Å². The van der Waals surface area contributed by atoms with E-state index in [4.69, 9.17) is 14.2 Å². The minimum absolute atomic E-state index is 0.0990. The van der Waals surface area contributed by atoms with E-state index >= 15 is 0 Å². The van der Waals surface area contributed by atoms with Gasteiger partial charge in [-0.3, -0.25) is 19.5 Å². The van der Waals surface area contributed by atoms with Crippen LogP contribution in [0.15, 0.2) is 66.4 Å². The number of carbonyl (C=O) groups excluding carboxylic acids is 2. The van der Waals surface area contributed by atoms with Gasteiger partial charge in [-0.1, -0.05) is 17.4 Å². The number of ketones is 1. The topological polar surface area (TPSA) is 111 Å². The molecule has 1 unspecified atom stereocenters. The Balaban J connectivity index is 1.68. The van der Waals surface area contributed by atoms with Crippen molar-refractivity contribution >= 4 is 44.1 Å². The standard InChI is InChI=1S/C29H27N3O6S/c1-4-36-17-10-12-19(22(15-17)38-6-3)26(33)24-25(21-9-7-8-14-30-21)32(28(35)27(24)34)29-31-20-13-11-18(37-5-2)16-23(20)39-29/h7-16,25,33H,4-6H2,1-3H3/b26-24+. The molecule has 9 nitrogen and oxygen atoms in total. The van der Waals surface area contributed by atoms with Gasteiger partial charge in [0.25, 0.3) is 5.78 Å². The third-order valence-electron chi connectivity index (χ3n) is 6.10. The predicted molar refractivity (Wildman–Crippen MR) is 149 cm³/mol. The maximum atomic E-state index is 13.5. The molecule has 4 aromatic rings. The fourth-order valence-corrected chi connectivity index (χ4v) is 5.50. The minimum Gasteiger partial charge on any atom is -0.507 e. The first-order valence-electron chi connectivity index (χ1n) is 12.6. The molecule has 1 fully saturated rings. The Hall–Kier alpha value is -4.44. The first-order chi connectivity index (χ1) is 19.0. The molecule has 0 saturated carbocycles. The summed E-state index contributed by atoms with van der Waals surface area (Å²) in [5.41, 5.74) is 1.24. The summed E-state index contributed by atoms with van der Waals surface area (Å²) in [5.74, 6) is -0.440. The van der Waals surface area contributed by atoms with E-state index in [1.165, 1.54) is 16.2 Å². The molecule has 1 N–H and O–H groups in total. The van der Waals surface area contributed by atoms with Crippen molar-refractivity contribution in [3.63, 3.8) is 0 Å². The van der Waals surface area contributed by atoms with Gasteiger partial charge in [0.05, 0.1) is 46.9 Å². The fourth-order valence-electron chi connectivity index (χ4n) is 4.47. The summed E-state index contributed by atoms with van der Waals surface area (Å²) < 4.78 is 17.7. The average molecular weight is 546 g/mol. The number of aromatic nitrogens is 2. The fraction of sp³-hybridized carbons (Fsp3) is 0.241. The van der Waals surface area contributed by atoms with E-state index in [0.29, 0.717) is 53.4 Å². The van der Waals surface area contributed by atoms with Gasteiger partial charge in [-0.15, -0.1) is 0 Å². The van der Waals surface area contributed by atoms with Gasteiger partial charge in [-0.25, -0.2) is 4.98 Å². The largest absolute Gasteiger partial charge is 0.507 e. The highest BCUT2D eigenvalue weighted by Crippen LogP contribution is 2.45. The van der Waals surface area contributed by atoms with E-state index in [1.807, 2.05) is 26.8 Å². The summed E-state index contributed by atoms with van der Waals surface area (Å²) in [6.07, 6.45) is 1.57. The zero-order valence-electron chi connectivity index (χ0n) is 21.7. The molecular weight excluding hydrogens is 518 g/mol. The van der Waals surface area contributed by atoms with Crippen molar-refractivity contribution in [2.45, 2.75) is 26.8 Å². The summed E-state index contributed by atoms with van der Waals surface area (Å²) in [6.45, 7) is 6.87. The molecule has 0 aliphatic carbocycles. The number of Topliss-reactive ketones (excluding diaryl/α,β-unsaturated/α-hetero) is 1. The van der Waals surface area contributed by atoms with Crippen molar-refractivity contribution in [1.29, 1.82) is 0 Å². The lowest BCUT2D eigenvalue weighted by molar-refractivity contribution is -0.132. The third-order valence-corrected chi connectivity index (χ3v) is 7.11. The molecule has 0 spiro atoms. The van der Waals surface area contributed by atoms with Crippen LogP contribution in [-0.2, 0) is 9.59 Å². The van der Waals surface area contributed by atoms with Gasteiger partial charge in [0.2, 0.25) is 0 Å². The molecule has 5 rings (SSSR count). The zero-order chi connectivity index (χ0) is 27.5. The van der Waals surface area contributed by atoms with Crippen LogP contribution in [0.5, 0.6) is 17.2 Å². The Morgan fingerprint density at radius 1 is 0.949 bits per heavy atom. The van der Waals surface area contributed by atoms with E-state index in [2.05, 4.69) is 9.97 Å². The lowest BCUT2D eigenvalue weighted by Gasteiger charge is -2.22. The molecule has 3 heterocycles. The van der Waals surface area contributed by atoms with Crippen LogP contribution in [-0.4, -0.2) is 46.6 Å². The zero-order valence-corrected chi connectivity index (χ0v) is 22.5. The number of amides is 1. The number of hydrogen-bond acceptors (Lipinski definition) is 9. The third kappa shape index (κ3) is 4.90. The number of benzene rings is 2. The summed E-state index contributed by atoms with van der Waals surface area (Å²) in [6, 6.07) is 14.6. The summed E-state index contributed by atoms with van der Waals surface area (Å²) in [4.78, 5) is 37.4. The molecule has 1 amide bonds. The lowest BCUT2D eigenvalue weighted by atomic mass is 9.98. The number of aliphatic hydroxyl groups excluding tert-OH is 1. The van der Waals surface area contributed by atoms with Crippen molar-refractivity contribution in [3.05, 3.63) is 77.6 Å². The molecule has 0 bridgehead atoms. The predicted octanol–water partition coefficient (Wildman–Crippen LogP) is 5.51. The van der Waals surface area contributed by atoms with E-state index in [9.17, 15) is 14.7 Å². The molecule has 1 atom stereocenters. The normalized spacial score (nSPS) is 16.6. The number of aliphatic hydroxyl groups is 1. The maximum Gasteiger partial charge on any atom is 0.301 e. The number of pyridine rings is 1. The SMILES string of the molecule is CCOc1ccc(/C(O)=C2\C(=O)C(=O)N(c3nc4ccc(OCC)cc4s3)C2c2ccccn2)c(OCC)c1. The molecule has 39 heavy (non-hydrogen) atoms. The van der Waals surface area contributed by atoms with Gasteiger partial charge in [0.1, 0.15) is 29.0 Å². The molecule has 1 aliphatic heterocycles. The van der Waals surface area contributed by atoms with Crippen LogP contribution in [0.3, 0.4) is 0 Å². The Bertz CT molecular complexity index is 1570. The van der Waals surface area contributed by atoms with Crippen LogP contribution < -0.4 is 19.1 Å². The van der Waals surface area contributed by atoms with Crippen molar-refractivity contribution in [2.75, 3.05) is 24.7 Å². The average Bonchev–Trinajstić information content (AvgIpc) is 3.47. The molecule has 1 saturated heterocycles. The monoisotopic (exact) mass is 545 g/mol. The smallest absolute Gasteiger partial charge is 0.301 e. The maximum absolute atomic E-state index is 13.5. The molecule has 2 aromatic heterocycles. The van der Waals surface area contributed by atoms with Crippen molar-refractivity contribution in [3.8, 4) is 17.2 Å². The number of anilines is 1.